The maximum atomic E-state index is 12.0. The summed E-state index contributed by atoms with van der Waals surface area (Å²) in [5.41, 5.74) is 6.41. The van der Waals surface area contributed by atoms with Crippen LogP contribution in [0.15, 0.2) is 35.4 Å². The molecule has 5 nitrogen and oxygen atoms in total. The largest absolute Gasteiger partial charge is 0.497 e. The molecular weight excluding hydrogens is 278 g/mol. The average Bonchev–Trinajstić information content (AvgIpc) is 2.81. The van der Waals surface area contributed by atoms with E-state index < -0.39 is 0 Å². The Kier molecular flexibility index (Phi) is 4.99. The highest BCUT2D eigenvalue weighted by atomic mass is 16.5. The number of aryl methyl sites for hydroxylation is 1. The van der Waals surface area contributed by atoms with Crippen LogP contribution in [-0.4, -0.2) is 23.8 Å². The summed E-state index contributed by atoms with van der Waals surface area (Å²) in [6, 6.07) is 8.95. The first kappa shape index (κ1) is 15.8. The fourth-order valence-electron chi connectivity index (χ4n) is 2.41. The van der Waals surface area contributed by atoms with E-state index in [4.69, 9.17) is 4.74 Å². The monoisotopic (exact) mass is 299 g/mol. The Labute approximate surface area is 130 Å². The van der Waals surface area contributed by atoms with E-state index in [0.717, 1.165) is 17.8 Å². The molecule has 0 atom stereocenters. The molecule has 116 valence electrons. The van der Waals surface area contributed by atoms with E-state index in [0.29, 0.717) is 11.3 Å². The van der Waals surface area contributed by atoms with E-state index in [9.17, 15) is 4.79 Å². The summed E-state index contributed by atoms with van der Waals surface area (Å²) in [5.74, 6) is 0.468. The van der Waals surface area contributed by atoms with Crippen LogP contribution in [0.2, 0.25) is 0 Å². The summed E-state index contributed by atoms with van der Waals surface area (Å²) in [5, 5.41) is 4.04. The topological polar surface area (TPSA) is 55.6 Å². The van der Waals surface area contributed by atoms with Crippen LogP contribution in [0.5, 0.6) is 5.75 Å². The lowest BCUT2D eigenvalue weighted by Gasteiger charge is -2.04. The Morgan fingerprint density at radius 1 is 1.32 bits per heavy atom. The molecule has 0 aliphatic heterocycles. The molecule has 0 unspecified atom stereocenters. The normalized spacial score (nSPS) is 10.9. The van der Waals surface area contributed by atoms with Gasteiger partial charge < -0.3 is 9.30 Å². The summed E-state index contributed by atoms with van der Waals surface area (Å²) in [4.78, 5) is 12.0. The third kappa shape index (κ3) is 3.36. The molecule has 1 amide bonds. The number of aromatic nitrogens is 1. The predicted molar refractivity (Wildman–Crippen MR) is 87.6 cm³/mol. The van der Waals surface area contributed by atoms with Crippen molar-refractivity contribution >= 4 is 12.1 Å². The molecular formula is C17H21N3O2. The van der Waals surface area contributed by atoms with Crippen LogP contribution in [0.25, 0.3) is 0 Å². The third-order valence-electron chi connectivity index (χ3n) is 3.65. The quantitative estimate of drug-likeness (QED) is 0.682. The van der Waals surface area contributed by atoms with Crippen LogP contribution in [0.3, 0.4) is 0 Å². The van der Waals surface area contributed by atoms with E-state index >= 15 is 0 Å². The maximum Gasteiger partial charge on any atom is 0.271 e. The SMILES string of the molecule is CCn1c(C)cc(/C=N\NC(=O)c2ccc(OC)cc2)c1C. The summed E-state index contributed by atoms with van der Waals surface area (Å²) in [6.07, 6.45) is 1.68. The van der Waals surface area contributed by atoms with E-state index in [1.165, 1.54) is 5.69 Å². The maximum absolute atomic E-state index is 12.0. The van der Waals surface area contributed by atoms with Gasteiger partial charge in [0.1, 0.15) is 5.75 Å². The van der Waals surface area contributed by atoms with Gasteiger partial charge in [-0.2, -0.15) is 5.10 Å². The Hall–Kier alpha value is -2.56. The second-order valence-electron chi connectivity index (χ2n) is 5.00. The number of carbonyl (C=O) groups excluding carboxylic acids is 1. The first-order valence-corrected chi connectivity index (χ1v) is 7.21. The molecule has 0 aliphatic carbocycles. The number of carbonyl (C=O) groups is 1. The van der Waals surface area contributed by atoms with Gasteiger partial charge in [-0.1, -0.05) is 0 Å². The molecule has 1 aromatic heterocycles. The zero-order chi connectivity index (χ0) is 16.1. The number of hydrogen-bond donors (Lipinski definition) is 1. The highest BCUT2D eigenvalue weighted by Gasteiger charge is 2.06. The van der Waals surface area contributed by atoms with Crippen molar-refractivity contribution in [2.75, 3.05) is 7.11 Å². The highest BCUT2D eigenvalue weighted by Crippen LogP contribution is 2.13. The van der Waals surface area contributed by atoms with Gasteiger partial charge in [-0.15, -0.1) is 0 Å². The molecule has 2 rings (SSSR count). The minimum atomic E-state index is -0.247. The molecule has 0 aliphatic rings. The first-order chi connectivity index (χ1) is 10.6. The second-order valence-corrected chi connectivity index (χ2v) is 5.00. The van der Waals surface area contributed by atoms with Gasteiger partial charge in [0.15, 0.2) is 0 Å². The molecule has 1 N–H and O–H groups in total. The van der Waals surface area contributed by atoms with Gasteiger partial charge in [-0.3, -0.25) is 4.79 Å². The Morgan fingerprint density at radius 2 is 2.00 bits per heavy atom. The zero-order valence-corrected chi connectivity index (χ0v) is 13.4. The summed E-state index contributed by atoms with van der Waals surface area (Å²) in [6.45, 7) is 7.13. The molecule has 1 heterocycles. The first-order valence-electron chi connectivity index (χ1n) is 7.21. The lowest BCUT2D eigenvalue weighted by molar-refractivity contribution is 0.0955. The number of amides is 1. The number of nitrogens with one attached hydrogen (secondary N) is 1. The Bertz CT molecular complexity index is 685. The number of methoxy groups -OCH3 is 1. The van der Waals surface area contributed by atoms with Gasteiger partial charge in [0.05, 0.1) is 13.3 Å². The van der Waals surface area contributed by atoms with Crippen molar-refractivity contribution in [3.05, 3.63) is 52.8 Å². The minimum Gasteiger partial charge on any atom is -0.497 e. The molecule has 2 aromatic rings. The van der Waals surface area contributed by atoms with Crippen molar-refractivity contribution < 1.29 is 9.53 Å². The Balaban J connectivity index is 2.04. The van der Waals surface area contributed by atoms with E-state index in [1.54, 1.807) is 37.6 Å². The van der Waals surface area contributed by atoms with Crippen molar-refractivity contribution in [2.24, 2.45) is 5.10 Å². The van der Waals surface area contributed by atoms with Crippen molar-refractivity contribution in [3.63, 3.8) is 0 Å². The van der Waals surface area contributed by atoms with Crippen molar-refractivity contribution in [1.82, 2.24) is 9.99 Å². The van der Waals surface area contributed by atoms with Crippen molar-refractivity contribution in [2.45, 2.75) is 27.3 Å². The summed E-state index contributed by atoms with van der Waals surface area (Å²) < 4.78 is 7.26. The average molecular weight is 299 g/mol. The van der Waals surface area contributed by atoms with E-state index in [-0.39, 0.29) is 5.91 Å². The van der Waals surface area contributed by atoms with Crippen LogP contribution in [-0.2, 0) is 6.54 Å². The van der Waals surface area contributed by atoms with Crippen molar-refractivity contribution in [3.8, 4) is 5.75 Å². The molecule has 1 aromatic carbocycles. The number of hydrogen-bond acceptors (Lipinski definition) is 3. The highest BCUT2D eigenvalue weighted by molar-refractivity contribution is 5.95. The molecule has 5 heteroatoms. The van der Waals surface area contributed by atoms with Crippen LogP contribution in [0.4, 0.5) is 0 Å². The number of hydrazone groups is 1. The molecule has 0 spiro atoms. The van der Waals surface area contributed by atoms with Gasteiger partial charge in [-0.05, 0) is 51.1 Å². The lowest BCUT2D eigenvalue weighted by atomic mass is 10.2. The minimum absolute atomic E-state index is 0.247. The summed E-state index contributed by atoms with van der Waals surface area (Å²) >= 11 is 0. The third-order valence-corrected chi connectivity index (χ3v) is 3.65. The number of ether oxygens (including phenoxy) is 1. The number of nitrogens with zero attached hydrogens (tertiary/aromatic N) is 2. The smallest absolute Gasteiger partial charge is 0.271 e. The van der Waals surface area contributed by atoms with Crippen LogP contribution in [0.1, 0.15) is 34.2 Å². The number of benzene rings is 1. The van der Waals surface area contributed by atoms with Crippen molar-refractivity contribution in [1.29, 1.82) is 0 Å². The van der Waals surface area contributed by atoms with Crippen LogP contribution >= 0.6 is 0 Å². The summed E-state index contributed by atoms with van der Waals surface area (Å²) in [7, 11) is 1.59. The Morgan fingerprint density at radius 3 is 2.55 bits per heavy atom. The molecule has 22 heavy (non-hydrogen) atoms. The van der Waals surface area contributed by atoms with Crippen LogP contribution in [0, 0.1) is 13.8 Å². The van der Waals surface area contributed by atoms with Gasteiger partial charge in [0, 0.05) is 29.1 Å². The van der Waals surface area contributed by atoms with Gasteiger partial charge in [-0.25, -0.2) is 5.43 Å². The van der Waals surface area contributed by atoms with E-state index in [1.807, 2.05) is 6.92 Å². The lowest BCUT2D eigenvalue weighted by Crippen LogP contribution is -2.17. The second kappa shape index (κ2) is 6.93. The fraction of sp³-hybridized carbons (Fsp3) is 0.294. The molecule has 0 saturated carbocycles. The van der Waals surface area contributed by atoms with E-state index in [2.05, 4.69) is 35.0 Å². The predicted octanol–water partition coefficient (Wildman–Crippen LogP) is 2.90. The molecule has 0 saturated heterocycles. The molecule has 0 radical (unpaired) electrons. The zero-order valence-electron chi connectivity index (χ0n) is 13.4. The number of rotatable bonds is 5. The molecule has 0 fully saturated rings. The van der Waals surface area contributed by atoms with Gasteiger partial charge in [0.2, 0.25) is 0 Å². The molecule has 0 bridgehead atoms. The van der Waals surface area contributed by atoms with Crippen LogP contribution < -0.4 is 10.2 Å². The van der Waals surface area contributed by atoms with Gasteiger partial charge >= 0.3 is 0 Å². The standard InChI is InChI=1S/C17H21N3O2/c1-5-20-12(2)10-15(13(20)3)11-18-19-17(21)14-6-8-16(22-4)9-7-14/h6-11H,5H2,1-4H3,(H,19,21)/b18-11-. The fourth-order valence-corrected chi connectivity index (χ4v) is 2.41. The van der Waals surface area contributed by atoms with Gasteiger partial charge in [0.25, 0.3) is 5.91 Å².